The third-order valence-electron chi connectivity index (χ3n) is 4.37. The number of aromatic nitrogens is 2. The summed E-state index contributed by atoms with van der Waals surface area (Å²) in [6.07, 6.45) is 5.35. The molecule has 0 spiro atoms. The number of nitrogens with one attached hydrogen (secondary N) is 3. The van der Waals surface area contributed by atoms with Crippen LogP contribution in [0.1, 0.15) is 42.7 Å². The normalized spacial score (nSPS) is 11.7. The van der Waals surface area contributed by atoms with Gasteiger partial charge < -0.3 is 20.5 Å². The highest BCUT2D eigenvalue weighted by molar-refractivity contribution is 5.95. The van der Waals surface area contributed by atoms with Gasteiger partial charge in [-0.3, -0.25) is 4.79 Å². The van der Waals surface area contributed by atoms with Crippen molar-refractivity contribution in [3.63, 3.8) is 0 Å². The number of amides is 3. The maximum Gasteiger partial charge on any atom is 0.319 e. The lowest BCUT2D eigenvalue weighted by molar-refractivity contribution is 0.0940. The predicted molar refractivity (Wildman–Crippen MR) is 113 cm³/mol. The second-order valence-corrected chi connectivity index (χ2v) is 7.09. The average molecular weight is 391 g/mol. The molecule has 0 aliphatic heterocycles. The van der Waals surface area contributed by atoms with E-state index in [1.807, 2.05) is 55.8 Å². The molecule has 0 radical (unpaired) electrons. The van der Waals surface area contributed by atoms with E-state index in [4.69, 9.17) is 0 Å². The summed E-state index contributed by atoms with van der Waals surface area (Å²) < 4.78 is 1.92. The summed E-state index contributed by atoms with van der Waals surface area (Å²) in [5, 5.41) is 8.48. The summed E-state index contributed by atoms with van der Waals surface area (Å²) in [7, 11) is 0. The fourth-order valence-electron chi connectivity index (χ4n) is 2.84. The van der Waals surface area contributed by atoms with E-state index in [0.717, 1.165) is 11.3 Å². The summed E-state index contributed by atoms with van der Waals surface area (Å²) in [6, 6.07) is 14.4. The molecule has 1 heterocycles. The highest BCUT2D eigenvalue weighted by Gasteiger charge is 2.12. The van der Waals surface area contributed by atoms with Gasteiger partial charge in [-0.1, -0.05) is 12.1 Å². The molecule has 2 aromatic carbocycles. The van der Waals surface area contributed by atoms with E-state index in [9.17, 15) is 9.59 Å². The molecule has 29 heavy (non-hydrogen) atoms. The molecule has 1 atom stereocenters. The molecule has 0 saturated heterocycles. The molecule has 7 nitrogen and oxygen atoms in total. The fraction of sp³-hybridized carbons (Fsp3) is 0.227. The Kier molecular flexibility index (Phi) is 6.29. The van der Waals surface area contributed by atoms with Crippen LogP contribution in [0.25, 0.3) is 5.69 Å². The molecular weight excluding hydrogens is 366 g/mol. The molecule has 3 rings (SSSR count). The third kappa shape index (κ3) is 5.44. The van der Waals surface area contributed by atoms with Gasteiger partial charge >= 0.3 is 6.03 Å². The number of carbonyl (C=O) groups excluding carboxylic acids is 2. The number of hydrogen-bond donors (Lipinski definition) is 3. The molecule has 0 unspecified atom stereocenters. The van der Waals surface area contributed by atoms with Crippen LogP contribution < -0.4 is 16.0 Å². The smallest absolute Gasteiger partial charge is 0.319 e. The van der Waals surface area contributed by atoms with Crippen molar-refractivity contribution < 1.29 is 9.59 Å². The number of carbonyl (C=O) groups is 2. The van der Waals surface area contributed by atoms with E-state index in [2.05, 4.69) is 20.9 Å². The lowest BCUT2D eigenvalue weighted by Gasteiger charge is -2.15. The first-order chi connectivity index (χ1) is 13.9. The van der Waals surface area contributed by atoms with Crippen LogP contribution in [-0.4, -0.2) is 27.5 Å². The summed E-state index contributed by atoms with van der Waals surface area (Å²) >= 11 is 0. The topological polar surface area (TPSA) is 88.0 Å². The van der Waals surface area contributed by atoms with Gasteiger partial charge in [-0.25, -0.2) is 9.78 Å². The Labute approximate surface area is 170 Å². The fourth-order valence-corrected chi connectivity index (χ4v) is 2.84. The van der Waals surface area contributed by atoms with E-state index in [-0.39, 0.29) is 24.0 Å². The SMILES string of the molecule is CC(C)NC(=O)Nc1ccc(C(=O)N[C@@H](C)c2ccc(-n3ccnc3)cc2)cc1. The second kappa shape index (κ2) is 9.05. The van der Waals surface area contributed by atoms with Gasteiger partial charge in [-0.2, -0.15) is 0 Å². The number of nitrogens with zero attached hydrogens (tertiary/aromatic N) is 2. The molecular formula is C22H25N5O2. The zero-order valence-corrected chi connectivity index (χ0v) is 16.7. The number of rotatable bonds is 6. The van der Waals surface area contributed by atoms with Crippen molar-refractivity contribution in [2.45, 2.75) is 32.9 Å². The Hall–Kier alpha value is -3.61. The first-order valence-corrected chi connectivity index (χ1v) is 9.49. The number of hydrogen-bond acceptors (Lipinski definition) is 3. The van der Waals surface area contributed by atoms with E-state index in [1.165, 1.54) is 0 Å². The average Bonchev–Trinajstić information content (AvgIpc) is 3.22. The van der Waals surface area contributed by atoms with Crippen molar-refractivity contribution in [3.8, 4) is 5.69 Å². The lowest BCUT2D eigenvalue weighted by atomic mass is 10.1. The van der Waals surface area contributed by atoms with E-state index >= 15 is 0 Å². The Morgan fingerprint density at radius 2 is 1.62 bits per heavy atom. The van der Waals surface area contributed by atoms with Gasteiger partial charge in [0.2, 0.25) is 0 Å². The van der Waals surface area contributed by atoms with Crippen LogP contribution in [0.3, 0.4) is 0 Å². The van der Waals surface area contributed by atoms with Crippen LogP contribution in [-0.2, 0) is 0 Å². The summed E-state index contributed by atoms with van der Waals surface area (Å²) in [4.78, 5) is 28.3. The molecule has 7 heteroatoms. The van der Waals surface area contributed by atoms with Crippen molar-refractivity contribution in [1.82, 2.24) is 20.2 Å². The van der Waals surface area contributed by atoms with Crippen LogP contribution >= 0.6 is 0 Å². The van der Waals surface area contributed by atoms with Crippen LogP contribution in [0, 0.1) is 0 Å². The van der Waals surface area contributed by atoms with Crippen molar-refractivity contribution in [2.24, 2.45) is 0 Å². The van der Waals surface area contributed by atoms with Gasteiger partial charge in [0.25, 0.3) is 5.91 Å². The Bertz CT molecular complexity index is 948. The summed E-state index contributed by atoms with van der Waals surface area (Å²) in [5.41, 5.74) is 3.17. The molecule has 3 N–H and O–H groups in total. The molecule has 0 aliphatic carbocycles. The number of benzene rings is 2. The van der Waals surface area contributed by atoms with Gasteiger partial charge in [0, 0.05) is 35.4 Å². The predicted octanol–water partition coefficient (Wildman–Crippen LogP) is 3.89. The first kappa shape index (κ1) is 20.1. The standard InChI is InChI=1S/C22H25N5O2/c1-15(2)24-22(29)26-19-8-4-18(5-9-19)21(28)25-16(3)17-6-10-20(11-7-17)27-13-12-23-14-27/h4-16H,1-3H3,(H,25,28)(H2,24,26,29)/t16-/m0/s1. The Morgan fingerprint density at radius 3 is 2.21 bits per heavy atom. The minimum atomic E-state index is -0.273. The zero-order valence-electron chi connectivity index (χ0n) is 16.7. The largest absolute Gasteiger partial charge is 0.346 e. The maximum absolute atomic E-state index is 12.5. The van der Waals surface area contributed by atoms with Gasteiger partial charge in [0.05, 0.1) is 12.4 Å². The quantitative estimate of drug-likeness (QED) is 0.596. The molecule has 0 saturated carbocycles. The van der Waals surface area contributed by atoms with Gasteiger partial charge in [0.1, 0.15) is 0 Å². The van der Waals surface area contributed by atoms with E-state index < -0.39 is 0 Å². The highest BCUT2D eigenvalue weighted by atomic mass is 16.2. The lowest BCUT2D eigenvalue weighted by Crippen LogP contribution is -2.34. The summed E-state index contributed by atoms with van der Waals surface area (Å²) in [6.45, 7) is 5.72. The van der Waals surface area contributed by atoms with E-state index in [0.29, 0.717) is 11.3 Å². The maximum atomic E-state index is 12.5. The second-order valence-electron chi connectivity index (χ2n) is 7.09. The first-order valence-electron chi connectivity index (χ1n) is 9.49. The van der Waals surface area contributed by atoms with Crippen LogP contribution in [0.15, 0.2) is 67.3 Å². The minimum Gasteiger partial charge on any atom is -0.346 e. The van der Waals surface area contributed by atoms with Crippen LogP contribution in [0.5, 0.6) is 0 Å². The zero-order chi connectivity index (χ0) is 20.8. The Balaban J connectivity index is 1.58. The molecule has 0 aliphatic rings. The molecule has 0 fully saturated rings. The van der Waals surface area contributed by atoms with Gasteiger partial charge in [0.15, 0.2) is 0 Å². The number of imidazole rings is 1. The van der Waals surface area contributed by atoms with E-state index in [1.54, 1.807) is 36.8 Å². The molecule has 3 amide bonds. The van der Waals surface area contributed by atoms with Crippen LogP contribution in [0.2, 0.25) is 0 Å². The minimum absolute atomic E-state index is 0.0514. The van der Waals surface area contributed by atoms with Crippen molar-refractivity contribution >= 4 is 17.6 Å². The van der Waals surface area contributed by atoms with Gasteiger partial charge in [-0.15, -0.1) is 0 Å². The van der Waals surface area contributed by atoms with Crippen LogP contribution in [0.4, 0.5) is 10.5 Å². The molecule has 0 bridgehead atoms. The van der Waals surface area contributed by atoms with Crippen molar-refractivity contribution in [1.29, 1.82) is 0 Å². The van der Waals surface area contributed by atoms with Crippen molar-refractivity contribution in [3.05, 3.63) is 78.4 Å². The number of urea groups is 1. The van der Waals surface area contributed by atoms with Gasteiger partial charge in [-0.05, 0) is 62.7 Å². The molecule has 150 valence electrons. The third-order valence-corrected chi connectivity index (χ3v) is 4.37. The Morgan fingerprint density at radius 1 is 0.931 bits per heavy atom. The molecule has 1 aromatic heterocycles. The molecule has 3 aromatic rings. The number of anilines is 1. The monoisotopic (exact) mass is 391 g/mol. The summed E-state index contributed by atoms with van der Waals surface area (Å²) in [5.74, 6) is -0.172. The van der Waals surface area contributed by atoms with Crippen molar-refractivity contribution in [2.75, 3.05) is 5.32 Å². The highest BCUT2D eigenvalue weighted by Crippen LogP contribution is 2.17.